The average Bonchev–Trinajstić information content (AvgIpc) is 3.11. The quantitative estimate of drug-likeness (QED) is 0.843. The topological polar surface area (TPSA) is 113 Å². The molecule has 1 spiro atoms. The van der Waals surface area contributed by atoms with Gasteiger partial charge in [-0.3, -0.25) is 4.79 Å². The van der Waals surface area contributed by atoms with Gasteiger partial charge < -0.3 is 14.6 Å². The zero-order valence-electron chi connectivity index (χ0n) is 16.9. The highest BCUT2D eigenvalue weighted by Crippen LogP contribution is 2.34. The van der Waals surface area contributed by atoms with Crippen LogP contribution in [0.3, 0.4) is 0 Å². The molecule has 1 N–H and O–H groups in total. The van der Waals surface area contributed by atoms with Crippen molar-refractivity contribution in [2.24, 2.45) is 5.41 Å². The third kappa shape index (κ3) is 3.44. The number of carbonyl (C=O) groups is 2. The molecule has 2 saturated heterocycles. The molecule has 9 heteroatoms. The van der Waals surface area contributed by atoms with Crippen molar-refractivity contribution in [1.82, 2.24) is 24.8 Å². The van der Waals surface area contributed by atoms with Crippen molar-refractivity contribution in [3.63, 3.8) is 0 Å². The number of fused-ring (bicyclic) bond motifs is 1. The Labute approximate surface area is 168 Å². The van der Waals surface area contributed by atoms with Crippen LogP contribution in [0.25, 0.3) is 11.0 Å². The molecule has 2 aromatic rings. The second kappa shape index (κ2) is 6.81. The van der Waals surface area contributed by atoms with Crippen molar-refractivity contribution in [3.8, 4) is 6.07 Å². The maximum Gasteiger partial charge on any atom is 0.418 e. The van der Waals surface area contributed by atoms with Gasteiger partial charge in [-0.15, -0.1) is 0 Å². The van der Waals surface area contributed by atoms with Crippen LogP contribution >= 0.6 is 0 Å². The Morgan fingerprint density at radius 1 is 1.31 bits per heavy atom. The predicted octanol–water partition coefficient (Wildman–Crippen LogP) is 1.95. The van der Waals surface area contributed by atoms with Gasteiger partial charge in [0.2, 0.25) is 5.82 Å². The van der Waals surface area contributed by atoms with Gasteiger partial charge in [-0.2, -0.15) is 5.26 Å². The summed E-state index contributed by atoms with van der Waals surface area (Å²) in [5.41, 5.74) is 0.259. The summed E-state index contributed by atoms with van der Waals surface area (Å²) in [5, 5.41) is 13.1. The third-order valence-corrected chi connectivity index (χ3v) is 5.32. The summed E-state index contributed by atoms with van der Waals surface area (Å²) in [7, 11) is 0. The van der Waals surface area contributed by atoms with Gasteiger partial charge in [-0.25, -0.2) is 19.7 Å². The average molecular weight is 396 g/mol. The summed E-state index contributed by atoms with van der Waals surface area (Å²) in [6.07, 6.45) is 1.96. The number of amides is 2. The summed E-state index contributed by atoms with van der Waals surface area (Å²) in [6, 6.07) is 3.84. The standard InChI is InChI=1S/C20H24N6O3/c1-19(2,3)12-26-14(8-13-10-23-15(9-21)24-16(13)26)11-25-17(27)20(29-18(25)28)4-6-22-7-5-20/h8,10,22H,4-7,11-12H2,1-3H3. The van der Waals surface area contributed by atoms with E-state index < -0.39 is 11.7 Å². The van der Waals surface area contributed by atoms with Crippen molar-refractivity contribution in [2.45, 2.75) is 52.3 Å². The Morgan fingerprint density at radius 2 is 2.03 bits per heavy atom. The van der Waals surface area contributed by atoms with Gasteiger partial charge in [0, 0.05) is 36.7 Å². The highest BCUT2D eigenvalue weighted by atomic mass is 16.6. The molecule has 0 unspecified atom stereocenters. The zero-order valence-corrected chi connectivity index (χ0v) is 16.9. The van der Waals surface area contributed by atoms with E-state index in [1.165, 1.54) is 4.90 Å². The van der Waals surface area contributed by atoms with E-state index in [1.807, 2.05) is 16.7 Å². The van der Waals surface area contributed by atoms with E-state index in [2.05, 4.69) is 36.1 Å². The molecular formula is C20H24N6O3. The van der Waals surface area contributed by atoms with Gasteiger partial charge in [0.25, 0.3) is 5.91 Å². The molecule has 0 atom stereocenters. The molecule has 4 heterocycles. The number of aromatic nitrogens is 3. The van der Waals surface area contributed by atoms with E-state index in [-0.39, 0.29) is 23.7 Å². The number of nitrogens with zero attached hydrogens (tertiary/aromatic N) is 5. The first-order chi connectivity index (χ1) is 13.7. The van der Waals surface area contributed by atoms with Gasteiger partial charge >= 0.3 is 6.09 Å². The van der Waals surface area contributed by atoms with Crippen LogP contribution in [-0.4, -0.2) is 50.1 Å². The lowest BCUT2D eigenvalue weighted by Gasteiger charge is -2.29. The van der Waals surface area contributed by atoms with E-state index in [0.717, 1.165) is 11.1 Å². The SMILES string of the molecule is CC(C)(C)Cn1c(CN2C(=O)OC3(CCNCC3)C2=O)cc2cnc(C#N)nc21. The molecule has 0 aliphatic carbocycles. The first-order valence-corrected chi connectivity index (χ1v) is 9.73. The van der Waals surface area contributed by atoms with Crippen molar-refractivity contribution in [2.75, 3.05) is 13.1 Å². The summed E-state index contributed by atoms with van der Waals surface area (Å²) in [4.78, 5) is 35.2. The van der Waals surface area contributed by atoms with Gasteiger partial charge in [0.05, 0.1) is 6.54 Å². The van der Waals surface area contributed by atoms with Crippen LogP contribution in [0.1, 0.15) is 45.1 Å². The zero-order chi connectivity index (χ0) is 20.8. The van der Waals surface area contributed by atoms with Crippen LogP contribution < -0.4 is 5.32 Å². The highest BCUT2D eigenvalue weighted by molar-refractivity contribution is 6.03. The summed E-state index contributed by atoms with van der Waals surface area (Å²) >= 11 is 0. The molecule has 2 fully saturated rings. The van der Waals surface area contributed by atoms with Crippen LogP contribution in [0.4, 0.5) is 4.79 Å². The Hall–Kier alpha value is -2.99. The summed E-state index contributed by atoms with van der Waals surface area (Å²) in [6.45, 7) is 8.27. The van der Waals surface area contributed by atoms with Crippen molar-refractivity contribution >= 4 is 23.0 Å². The molecule has 2 aliphatic rings. The van der Waals surface area contributed by atoms with Gasteiger partial charge in [-0.1, -0.05) is 20.8 Å². The minimum atomic E-state index is -1.04. The number of hydrogen-bond donors (Lipinski definition) is 1. The third-order valence-electron chi connectivity index (χ3n) is 5.32. The largest absolute Gasteiger partial charge is 0.432 e. The maximum absolute atomic E-state index is 13.1. The first-order valence-electron chi connectivity index (χ1n) is 9.73. The van der Waals surface area contributed by atoms with E-state index in [0.29, 0.717) is 38.1 Å². The fourth-order valence-corrected chi connectivity index (χ4v) is 3.97. The monoisotopic (exact) mass is 396 g/mol. The van der Waals surface area contributed by atoms with E-state index in [4.69, 9.17) is 10.00 Å². The number of nitriles is 1. The molecule has 29 heavy (non-hydrogen) atoms. The van der Waals surface area contributed by atoms with Gasteiger partial charge in [0.1, 0.15) is 11.7 Å². The molecule has 2 amide bonds. The fraction of sp³-hybridized carbons (Fsp3) is 0.550. The highest BCUT2D eigenvalue weighted by Gasteiger charge is 2.54. The minimum Gasteiger partial charge on any atom is -0.432 e. The molecule has 9 nitrogen and oxygen atoms in total. The van der Waals surface area contributed by atoms with Crippen LogP contribution in [0.2, 0.25) is 0 Å². The first kappa shape index (κ1) is 19.3. The number of imide groups is 1. The molecule has 0 saturated carbocycles. The number of piperidine rings is 1. The summed E-state index contributed by atoms with van der Waals surface area (Å²) < 4.78 is 7.52. The van der Waals surface area contributed by atoms with Crippen LogP contribution in [-0.2, 0) is 22.6 Å². The lowest BCUT2D eigenvalue weighted by molar-refractivity contribution is -0.139. The van der Waals surface area contributed by atoms with E-state index in [9.17, 15) is 9.59 Å². The molecule has 0 radical (unpaired) electrons. The number of rotatable bonds is 3. The molecule has 4 rings (SSSR count). The van der Waals surface area contributed by atoms with Crippen molar-refractivity contribution < 1.29 is 14.3 Å². The van der Waals surface area contributed by atoms with Crippen molar-refractivity contribution in [3.05, 3.63) is 23.8 Å². The lowest BCUT2D eigenvalue weighted by atomic mass is 9.91. The number of nitrogens with one attached hydrogen (secondary N) is 1. The molecule has 2 aliphatic heterocycles. The molecule has 0 bridgehead atoms. The Bertz CT molecular complexity index is 1020. The fourth-order valence-electron chi connectivity index (χ4n) is 3.97. The number of hydrogen-bond acceptors (Lipinski definition) is 7. The van der Waals surface area contributed by atoms with Gasteiger partial charge in [0.15, 0.2) is 5.60 Å². The van der Waals surface area contributed by atoms with Crippen LogP contribution in [0.15, 0.2) is 12.3 Å². The lowest BCUT2D eigenvalue weighted by Crippen LogP contribution is -2.48. The summed E-state index contributed by atoms with van der Waals surface area (Å²) in [5.74, 6) is -0.192. The molecule has 2 aromatic heterocycles. The second-order valence-electron chi connectivity index (χ2n) is 8.87. The maximum atomic E-state index is 13.1. The van der Waals surface area contributed by atoms with E-state index in [1.54, 1.807) is 6.20 Å². The van der Waals surface area contributed by atoms with Gasteiger partial charge in [-0.05, 0) is 24.6 Å². The Morgan fingerprint density at radius 3 is 2.69 bits per heavy atom. The van der Waals surface area contributed by atoms with Crippen molar-refractivity contribution in [1.29, 1.82) is 5.26 Å². The normalized spacial score (nSPS) is 19.0. The second-order valence-corrected chi connectivity index (χ2v) is 8.87. The smallest absolute Gasteiger partial charge is 0.418 e. The molecule has 0 aromatic carbocycles. The number of carbonyl (C=O) groups excluding carboxylic acids is 2. The molecule has 152 valence electrons. The Balaban J connectivity index is 1.72. The Kier molecular flexibility index (Phi) is 4.54. The number of ether oxygens (including phenoxy) is 1. The van der Waals surface area contributed by atoms with E-state index >= 15 is 0 Å². The van der Waals surface area contributed by atoms with Crippen LogP contribution in [0.5, 0.6) is 0 Å². The predicted molar refractivity (Wildman–Crippen MR) is 104 cm³/mol. The minimum absolute atomic E-state index is 0.0791. The molecular weight excluding hydrogens is 372 g/mol. The van der Waals surface area contributed by atoms with Crippen LogP contribution in [0, 0.1) is 16.7 Å².